The van der Waals surface area contributed by atoms with Crippen molar-refractivity contribution in [1.82, 2.24) is 9.78 Å². The first kappa shape index (κ1) is 26.5. The Morgan fingerprint density at radius 1 is 1.11 bits per heavy atom. The molecular formula is C26H27F5N2O2S. The Labute approximate surface area is 210 Å². The second-order valence-electron chi connectivity index (χ2n) is 9.05. The van der Waals surface area contributed by atoms with Crippen LogP contribution in [0.5, 0.6) is 5.88 Å². The molecule has 1 aliphatic carbocycles. The molecule has 1 N–H and O–H groups in total. The quantitative estimate of drug-likeness (QED) is 0.248. The summed E-state index contributed by atoms with van der Waals surface area (Å²) in [5, 5.41) is 15.0. The third-order valence-corrected chi connectivity index (χ3v) is 7.15. The van der Waals surface area contributed by atoms with E-state index in [1.165, 1.54) is 11.8 Å². The van der Waals surface area contributed by atoms with Gasteiger partial charge in [0.15, 0.2) is 0 Å². The lowest BCUT2D eigenvalue weighted by molar-refractivity contribution is -0.143. The second-order valence-corrected chi connectivity index (χ2v) is 9.93. The van der Waals surface area contributed by atoms with E-state index >= 15 is 0 Å². The number of aromatic nitrogens is 2. The van der Waals surface area contributed by atoms with Crippen LogP contribution >= 0.6 is 11.8 Å². The molecule has 1 aromatic heterocycles. The van der Waals surface area contributed by atoms with Gasteiger partial charge in [0.05, 0.1) is 24.5 Å². The predicted octanol–water partition coefficient (Wildman–Crippen LogP) is 7.28. The van der Waals surface area contributed by atoms with Crippen LogP contribution in [0.4, 0.5) is 22.0 Å². The Balaban J connectivity index is 1.68. The van der Waals surface area contributed by atoms with Gasteiger partial charge in [-0.2, -0.15) is 18.3 Å². The molecule has 0 bridgehead atoms. The standard InChI is InChI=1S/C26H27F5N2O2S/c1-36-20-9-7-18(8-10-20)22-23(32-33(24(22)34)16-26(29,30)31)21-11-12-25(27,28)13-19(21)15-35-14-17-5-3-2-4-6-17/h2-10,19,21,34H,11-16H2,1H3. The number of thioether (sulfide) groups is 1. The SMILES string of the molecule is CSc1ccc(-c2c(C3CCC(F)(F)CC3COCc3ccccc3)nn(CC(F)(F)F)c2O)cc1. The highest BCUT2D eigenvalue weighted by Gasteiger charge is 2.44. The number of ether oxygens (including phenoxy) is 1. The predicted molar refractivity (Wildman–Crippen MR) is 128 cm³/mol. The second kappa shape index (κ2) is 10.8. The van der Waals surface area contributed by atoms with Crippen LogP contribution in [-0.2, 0) is 17.9 Å². The summed E-state index contributed by atoms with van der Waals surface area (Å²) in [4.78, 5) is 0.937. The lowest BCUT2D eigenvalue weighted by Crippen LogP contribution is -2.34. The molecular weight excluding hydrogens is 499 g/mol. The summed E-state index contributed by atoms with van der Waals surface area (Å²) in [5.74, 6) is -4.82. The molecule has 194 valence electrons. The first-order chi connectivity index (χ1) is 17.1. The van der Waals surface area contributed by atoms with Gasteiger partial charge in [0.1, 0.15) is 6.54 Å². The average molecular weight is 527 g/mol. The van der Waals surface area contributed by atoms with E-state index in [0.29, 0.717) is 10.2 Å². The van der Waals surface area contributed by atoms with Gasteiger partial charge < -0.3 is 9.84 Å². The van der Waals surface area contributed by atoms with Crippen LogP contribution in [0.1, 0.15) is 36.4 Å². The molecule has 0 saturated heterocycles. The smallest absolute Gasteiger partial charge is 0.408 e. The van der Waals surface area contributed by atoms with E-state index in [1.807, 2.05) is 36.6 Å². The zero-order valence-electron chi connectivity index (χ0n) is 19.6. The molecule has 3 aromatic rings. The molecule has 4 nitrogen and oxygen atoms in total. The lowest BCUT2D eigenvalue weighted by atomic mass is 9.75. The molecule has 10 heteroatoms. The maximum Gasteiger partial charge on any atom is 0.408 e. The number of rotatable bonds is 8. The van der Waals surface area contributed by atoms with Gasteiger partial charge in [-0.1, -0.05) is 42.5 Å². The highest BCUT2D eigenvalue weighted by Crippen LogP contribution is 2.49. The van der Waals surface area contributed by atoms with E-state index in [1.54, 1.807) is 24.3 Å². The molecule has 0 aliphatic heterocycles. The Kier molecular flexibility index (Phi) is 7.94. The van der Waals surface area contributed by atoms with Gasteiger partial charge >= 0.3 is 6.18 Å². The fourth-order valence-corrected chi connectivity index (χ4v) is 5.12. The number of aromatic hydroxyl groups is 1. The summed E-state index contributed by atoms with van der Waals surface area (Å²) in [7, 11) is 0. The third-order valence-electron chi connectivity index (χ3n) is 6.41. The van der Waals surface area contributed by atoms with Gasteiger partial charge in [-0.3, -0.25) is 0 Å². The van der Waals surface area contributed by atoms with Crippen molar-refractivity contribution in [3.05, 3.63) is 65.9 Å². The molecule has 2 unspecified atom stereocenters. The number of alkyl halides is 5. The zero-order valence-corrected chi connectivity index (χ0v) is 20.5. The van der Waals surface area contributed by atoms with Gasteiger partial charge in [0.25, 0.3) is 0 Å². The van der Waals surface area contributed by atoms with Crippen molar-refractivity contribution < 1.29 is 31.8 Å². The molecule has 2 atom stereocenters. The number of benzene rings is 2. The largest absolute Gasteiger partial charge is 0.493 e. The minimum Gasteiger partial charge on any atom is -0.493 e. The number of nitrogens with zero attached hydrogens (tertiary/aromatic N) is 2. The summed E-state index contributed by atoms with van der Waals surface area (Å²) in [5.41, 5.74) is 1.71. The monoisotopic (exact) mass is 526 g/mol. The molecule has 2 aromatic carbocycles. The average Bonchev–Trinajstić information content (AvgIpc) is 3.13. The molecule has 0 amide bonds. The Morgan fingerprint density at radius 2 is 1.81 bits per heavy atom. The fraction of sp³-hybridized carbons (Fsp3) is 0.423. The first-order valence-electron chi connectivity index (χ1n) is 11.6. The molecule has 0 spiro atoms. The van der Waals surface area contributed by atoms with Crippen molar-refractivity contribution in [3.63, 3.8) is 0 Å². The summed E-state index contributed by atoms with van der Waals surface area (Å²) in [6.45, 7) is -1.26. The Morgan fingerprint density at radius 3 is 2.44 bits per heavy atom. The first-order valence-corrected chi connectivity index (χ1v) is 12.8. The molecule has 0 radical (unpaired) electrons. The van der Waals surface area contributed by atoms with E-state index in [9.17, 15) is 27.1 Å². The van der Waals surface area contributed by atoms with Crippen molar-refractivity contribution in [2.24, 2.45) is 5.92 Å². The number of hydrogen-bond donors (Lipinski definition) is 1. The van der Waals surface area contributed by atoms with Crippen molar-refractivity contribution >= 4 is 11.8 Å². The highest BCUT2D eigenvalue weighted by molar-refractivity contribution is 7.98. The molecule has 1 saturated carbocycles. The van der Waals surface area contributed by atoms with Gasteiger partial charge in [0, 0.05) is 23.7 Å². The van der Waals surface area contributed by atoms with Crippen LogP contribution in [-0.4, -0.2) is 39.8 Å². The summed E-state index contributed by atoms with van der Waals surface area (Å²) in [6.07, 6.45) is -3.58. The Hall–Kier alpha value is -2.59. The normalized spacial score (nSPS) is 19.9. The van der Waals surface area contributed by atoms with Crippen LogP contribution in [0.25, 0.3) is 11.1 Å². The number of hydrogen-bond acceptors (Lipinski definition) is 4. The van der Waals surface area contributed by atoms with E-state index in [2.05, 4.69) is 5.10 Å². The van der Waals surface area contributed by atoms with Crippen molar-refractivity contribution in [2.75, 3.05) is 12.9 Å². The van der Waals surface area contributed by atoms with Crippen LogP contribution in [0.15, 0.2) is 59.5 Å². The van der Waals surface area contributed by atoms with E-state index in [4.69, 9.17) is 4.74 Å². The molecule has 1 fully saturated rings. The van der Waals surface area contributed by atoms with Gasteiger partial charge in [0.2, 0.25) is 11.8 Å². The zero-order chi connectivity index (χ0) is 25.9. The molecule has 36 heavy (non-hydrogen) atoms. The summed E-state index contributed by atoms with van der Waals surface area (Å²) < 4.78 is 74.8. The van der Waals surface area contributed by atoms with Crippen LogP contribution in [0.2, 0.25) is 0 Å². The van der Waals surface area contributed by atoms with Crippen molar-refractivity contribution in [3.8, 4) is 17.0 Å². The van der Waals surface area contributed by atoms with Crippen molar-refractivity contribution in [1.29, 1.82) is 0 Å². The lowest BCUT2D eigenvalue weighted by Gasteiger charge is -2.35. The molecule has 1 heterocycles. The summed E-state index contributed by atoms with van der Waals surface area (Å²) in [6, 6.07) is 16.3. The van der Waals surface area contributed by atoms with Gasteiger partial charge in [-0.05, 0) is 41.9 Å². The number of halogens is 5. The van der Waals surface area contributed by atoms with Crippen molar-refractivity contribution in [2.45, 2.75) is 55.3 Å². The fourth-order valence-electron chi connectivity index (χ4n) is 4.71. The summed E-state index contributed by atoms with van der Waals surface area (Å²) >= 11 is 1.50. The minimum atomic E-state index is -4.61. The van der Waals surface area contributed by atoms with Crippen LogP contribution in [0.3, 0.4) is 0 Å². The van der Waals surface area contributed by atoms with Gasteiger partial charge in [-0.25, -0.2) is 13.5 Å². The third kappa shape index (κ3) is 6.39. The highest BCUT2D eigenvalue weighted by atomic mass is 32.2. The van der Waals surface area contributed by atoms with E-state index < -0.39 is 49.2 Å². The van der Waals surface area contributed by atoms with Gasteiger partial charge in [-0.15, -0.1) is 11.8 Å². The maximum absolute atomic E-state index is 14.4. The maximum atomic E-state index is 14.4. The van der Waals surface area contributed by atoms with Crippen LogP contribution < -0.4 is 0 Å². The minimum absolute atomic E-state index is 0.00705. The Bertz CT molecular complexity index is 1150. The molecule has 1 aliphatic rings. The van der Waals surface area contributed by atoms with Crippen LogP contribution in [0, 0.1) is 5.92 Å². The van der Waals surface area contributed by atoms with E-state index in [-0.39, 0.29) is 30.9 Å². The molecule has 4 rings (SSSR count). The van der Waals surface area contributed by atoms with E-state index in [0.717, 1.165) is 10.5 Å². The topological polar surface area (TPSA) is 47.3 Å².